The molecule has 0 bridgehead atoms. The van der Waals surface area contributed by atoms with Gasteiger partial charge in [0, 0.05) is 33.4 Å². The highest BCUT2D eigenvalue weighted by atomic mass is 32.1. The van der Waals surface area contributed by atoms with Crippen molar-refractivity contribution in [2.75, 3.05) is 4.90 Å². The van der Waals surface area contributed by atoms with Crippen LogP contribution in [0.3, 0.4) is 0 Å². The van der Waals surface area contributed by atoms with E-state index >= 15 is 0 Å². The van der Waals surface area contributed by atoms with Crippen molar-refractivity contribution in [1.29, 1.82) is 0 Å². The van der Waals surface area contributed by atoms with Crippen molar-refractivity contribution < 1.29 is 26.3 Å². The Kier molecular flexibility index (Phi) is 10.2. The van der Waals surface area contributed by atoms with E-state index in [1.165, 1.54) is 24.3 Å². The summed E-state index contributed by atoms with van der Waals surface area (Å²) < 4.78 is 92.8. The molecule has 4 nitrogen and oxygen atoms in total. The highest BCUT2D eigenvalue weighted by molar-refractivity contribution is 7.00. The van der Waals surface area contributed by atoms with Crippen LogP contribution < -0.4 is 4.90 Å². The second-order valence-corrected chi connectivity index (χ2v) is 16.7. The van der Waals surface area contributed by atoms with Gasteiger partial charge in [0.15, 0.2) is 0 Å². The largest absolute Gasteiger partial charge is 0.416 e. The topological polar surface area (TPSA) is 34.0 Å². The summed E-state index contributed by atoms with van der Waals surface area (Å²) in [5.74, 6) is 0. The number of anilines is 3. The molecule has 0 N–H and O–H groups in total. The number of alkyl halides is 6. The molecule has 0 radical (unpaired) electrons. The zero-order valence-corrected chi connectivity index (χ0v) is 35.9. The number of hydrogen-bond acceptors (Lipinski definition) is 4. The minimum absolute atomic E-state index is 0.444. The normalized spacial score (nSPS) is 12.0. The molecule has 67 heavy (non-hydrogen) atoms. The number of rotatable bonds is 8. The van der Waals surface area contributed by atoms with Gasteiger partial charge in [-0.2, -0.15) is 35.1 Å². The fraction of sp³-hybridized carbons (Fsp3) is 0.0357. The average Bonchev–Trinajstić information content (AvgIpc) is 3.98. The number of aromatic nitrogens is 3. The van der Waals surface area contributed by atoms with Crippen molar-refractivity contribution in [1.82, 2.24) is 13.3 Å². The van der Waals surface area contributed by atoms with Crippen molar-refractivity contribution in [3.63, 3.8) is 0 Å². The van der Waals surface area contributed by atoms with Crippen LogP contribution in [0.1, 0.15) is 11.1 Å². The Bertz CT molecular complexity index is 3470. The minimum Gasteiger partial charge on any atom is -0.309 e. The Morgan fingerprint density at radius 1 is 0.388 bits per heavy atom. The van der Waals surface area contributed by atoms with Crippen LogP contribution in [0.4, 0.5) is 43.4 Å². The molecule has 11 heteroatoms. The van der Waals surface area contributed by atoms with Crippen LogP contribution in [-0.4, -0.2) is 13.3 Å². The van der Waals surface area contributed by atoms with Gasteiger partial charge in [-0.25, -0.2) is 0 Å². The lowest BCUT2D eigenvalue weighted by Crippen LogP contribution is -2.12. The van der Waals surface area contributed by atoms with Gasteiger partial charge in [0.25, 0.3) is 0 Å². The molecule has 0 saturated heterocycles. The lowest BCUT2D eigenvalue weighted by molar-refractivity contribution is -0.138. The van der Waals surface area contributed by atoms with E-state index in [1.54, 1.807) is 24.3 Å². The Labute approximate surface area is 384 Å². The predicted octanol–water partition coefficient (Wildman–Crippen LogP) is 17.0. The summed E-state index contributed by atoms with van der Waals surface area (Å²) in [5.41, 5.74) is 11.9. The lowest BCUT2D eigenvalue weighted by Gasteiger charge is -2.26. The molecule has 0 aliphatic carbocycles. The van der Waals surface area contributed by atoms with Crippen molar-refractivity contribution in [2.45, 2.75) is 12.4 Å². The molecule has 0 unspecified atom stereocenters. The first kappa shape index (κ1) is 41.7. The van der Waals surface area contributed by atoms with E-state index in [0.717, 1.165) is 96.9 Å². The van der Waals surface area contributed by atoms with E-state index in [-0.39, 0.29) is 0 Å². The third-order valence-corrected chi connectivity index (χ3v) is 12.7. The molecule has 0 fully saturated rings. The van der Waals surface area contributed by atoms with Gasteiger partial charge >= 0.3 is 12.4 Å². The smallest absolute Gasteiger partial charge is 0.309 e. The zero-order valence-electron chi connectivity index (χ0n) is 35.1. The Hall–Kier alpha value is -8.02. The standard InChI is InChI=1S/C56H34F6N4S/c57-55(58,59)42-19-11-37(12-20-42)38-13-23-44(24-14-38)65(45-27-21-43(22-28-45)56(60,61)62)52-32-29-47(53-54(52)64-67-63-53)39-15-25-46(26-16-39)66-50-30-17-40(35-7-3-1-4-8-35)33-48(50)49-34-41(18-31-51(49)66)36-9-5-2-6-10-36/h1-34H. The van der Waals surface area contributed by atoms with Crippen molar-refractivity contribution >= 4 is 61.6 Å². The van der Waals surface area contributed by atoms with E-state index in [0.29, 0.717) is 39.2 Å². The summed E-state index contributed by atoms with van der Waals surface area (Å²) >= 11 is 1.04. The third-order valence-electron chi connectivity index (χ3n) is 12.2. The van der Waals surface area contributed by atoms with E-state index in [1.807, 2.05) is 53.4 Å². The third kappa shape index (κ3) is 7.76. The Morgan fingerprint density at radius 3 is 1.31 bits per heavy atom. The van der Waals surface area contributed by atoms with E-state index in [2.05, 4.69) is 89.5 Å². The molecule has 0 aliphatic heterocycles. The first-order valence-corrected chi connectivity index (χ1v) is 22.0. The van der Waals surface area contributed by atoms with E-state index < -0.39 is 23.5 Å². The maximum absolute atomic E-state index is 13.7. The maximum atomic E-state index is 13.7. The number of fused-ring (bicyclic) bond motifs is 4. The number of nitrogens with zero attached hydrogens (tertiary/aromatic N) is 4. The molecule has 0 amide bonds. The van der Waals surface area contributed by atoms with E-state index in [4.69, 9.17) is 8.75 Å². The predicted molar refractivity (Wildman–Crippen MR) is 258 cm³/mol. The summed E-state index contributed by atoms with van der Waals surface area (Å²) in [6, 6.07) is 62.9. The molecule has 0 saturated carbocycles. The monoisotopic (exact) mass is 908 g/mol. The van der Waals surface area contributed by atoms with Crippen molar-refractivity contribution in [2.24, 2.45) is 0 Å². The van der Waals surface area contributed by atoms with Crippen LogP contribution in [0.2, 0.25) is 0 Å². The molecule has 9 aromatic carbocycles. The molecule has 2 aromatic heterocycles. The second-order valence-electron chi connectivity index (χ2n) is 16.2. The average molecular weight is 909 g/mol. The molecular formula is C56H34F6N4S. The van der Waals surface area contributed by atoms with Gasteiger partial charge in [-0.3, -0.25) is 0 Å². The summed E-state index contributed by atoms with van der Waals surface area (Å²) in [6.07, 6.45) is -9.00. The lowest BCUT2D eigenvalue weighted by atomic mass is 10.0. The summed E-state index contributed by atoms with van der Waals surface area (Å²) in [6.45, 7) is 0. The molecule has 11 aromatic rings. The Morgan fingerprint density at radius 2 is 0.806 bits per heavy atom. The molecular weight excluding hydrogens is 875 g/mol. The maximum Gasteiger partial charge on any atom is 0.416 e. The SMILES string of the molecule is FC(F)(F)c1ccc(-c2ccc(N(c3ccc(C(F)(F)F)cc3)c3ccc(-c4ccc(-n5c6ccc(-c7ccccc7)cc6c6cc(-c7ccccc7)ccc65)cc4)c4nsnc34)cc2)cc1. The van der Waals surface area contributed by atoms with Gasteiger partial charge in [0.05, 0.1) is 39.6 Å². The molecule has 11 rings (SSSR count). The molecule has 0 aliphatic rings. The fourth-order valence-electron chi connectivity index (χ4n) is 8.86. The Balaban J connectivity index is 0.981. The molecule has 0 spiro atoms. The molecule has 0 atom stereocenters. The zero-order chi connectivity index (χ0) is 45.9. The number of halogens is 6. The fourth-order valence-corrected chi connectivity index (χ4v) is 9.43. The van der Waals surface area contributed by atoms with Gasteiger partial charge in [0.1, 0.15) is 11.0 Å². The van der Waals surface area contributed by atoms with E-state index in [9.17, 15) is 26.3 Å². The van der Waals surface area contributed by atoms with Crippen LogP contribution in [-0.2, 0) is 12.4 Å². The van der Waals surface area contributed by atoms with Gasteiger partial charge in [-0.15, -0.1) is 0 Å². The summed E-state index contributed by atoms with van der Waals surface area (Å²) in [5, 5.41) is 2.27. The number of hydrogen-bond donors (Lipinski definition) is 0. The first-order valence-electron chi connectivity index (χ1n) is 21.3. The molecule has 2 heterocycles. The van der Waals surface area contributed by atoms with Crippen LogP contribution in [0.5, 0.6) is 0 Å². The van der Waals surface area contributed by atoms with Gasteiger partial charge < -0.3 is 9.47 Å². The highest BCUT2D eigenvalue weighted by Crippen LogP contribution is 2.44. The first-order chi connectivity index (χ1) is 32.5. The minimum atomic E-state index is -4.53. The molecule has 326 valence electrons. The van der Waals surface area contributed by atoms with Crippen LogP contribution in [0.25, 0.3) is 83.0 Å². The van der Waals surface area contributed by atoms with Crippen LogP contribution >= 0.6 is 11.7 Å². The van der Waals surface area contributed by atoms with Crippen molar-refractivity contribution in [3.05, 3.63) is 217 Å². The van der Waals surface area contributed by atoms with Gasteiger partial charge in [0.2, 0.25) is 0 Å². The van der Waals surface area contributed by atoms with Gasteiger partial charge in [-0.05, 0) is 136 Å². The van der Waals surface area contributed by atoms with Crippen LogP contribution in [0, 0.1) is 0 Å². The second kappa shape index (κ2) is 16.4. The van der Waals surface area contributed by atoms with Gasteiger partial charge in [-0.1, -0.05) is 109 Å². The summed E-state index contributed by atoms with van der Waals surface area (Å²) in [7, 11) is 0. The van der Waals surface area contributed by atoms with Crippen molar-refractivity contribution in [3.8, 4) is 50.2 Å². The quantitative estimate of drug-likeness (QED) is 0.142. The highest BCUT2D eigenvalue weighted by Gasteiger charge is 2.31. The summed E-state index contributed by atoms with van der Waals surface area (Å²) in [4.78, 5) is 1.81. The number of benzene rings is 9. The van der Waals surface area contributed by atoms with Crippen LogP contribution in [0.15, 0.2) is 206 Å².